The lowest BCUT2D eigenvalue weighted by Gasteiger charge is -2.07. The van der Waals surface area contributed by atoms with Gasteiger partial charge in [-0.05, 0) is 36.8 Å². The van der Waals surface area contributed by atoms with E-state index in [0.29, 0.717) is 27.2 Å². The van der Waals surface area contributed by atoms with Crippen molar-refractivity contribution in [1.29, 1.82) is 0 Å². The molecule has 3 rings (SSSR count). The van der Waals surface area contributed by atoms with Gasteiger partial charge in [-0.2, -0.15) is 0 Å². The maximum absolute atomic E-state index is 12.5. The fourth-order valence-corrected chi connectivity index (χ4v) is 3.33. The Kier molecular flexibility index (Phi) is 4.59. The fourth-order valence-electron chi connectivity index (χ4n) is 2.26. The van der Waals surface area contributed by atoms with Crippen LogP contribution in [-0.4, -0.2) is 25.1 Å². The van der Waals surface area contributed by atoms with Crippen molar-refractivity contribution in [2.24, 2.45) is 0 Å². The highest BCUT2D eigenvalue weighted by Gasteiger charge is 2.14. The number of fused-ring (bicyclic) bond motifs is 1. The smallest absolute Gasteiger partial charge is 0.257 e. The van der Waals surface area contributed by atoms with Crippen LogP contribution in [0.5, 0.6) is 11.5 Å². The first-order valence-corrected chi connectivity index (χ1v) is 8.31. The topological polar surface area (TPSA) is 60.5 Å². The van der Waals surface area contributed by atoms with Gasteiger partial charge >= 0.3 is 0 Å². The molecule has 0 aliphatic rings. The maximum atomic E-state index is 12.5. The van der Waals surface area contributed by atoms with Gasteiger partial charge in [0.1, 0.15) is 11.5 Å². The summed E-state index contributed by atoms with van der Waals surface area (Å²) in [4.78, 5) is 17.0. The van der Waals surface area contributed by atoms with Crippen LogP contribution in [0.4, 0.5) is 5.13 Å². The summed E-state index contributed by atoms with van der Waals surface area (Å²) in [6, 6.07) is 8.73. The van der Waals surface area contributed by atoms with E-state index >= 15 is 0 Å². The minimum absolute atomic E-state index is 0.282. The first kappa shape index (κ1) is 16.5. The summed E-state index contributed by atoms with van der Waals surface area (Å²) in [6.45, 7) is 1.91. The number of benzene rings is 2. The molecular weight excluding hydrogens is 348 g/mol. The van der Waals surface area contributed by atoms with E-state index in [1.165, 1.54) is 25.6 Å². The van der Waals surface area contributed by atoms with E-state index in [0.717, 1.165) is 15.8 Å². The van der Waals surface area contributed by atoms with Crippen LogP contribution >= 0.6 is 22.9 Å². The lowest BCUT2D eigenvalue weighted by atomic mass is 10.2. The number of methoxy groups -OCH3 is 2. The average Bonchev–Trinajstić information content (AvgIpc) is 3.01. The Labute approximate surface area is 148 Å². The second-order valence-electron chi connectivity index (χ2n) is 5.09. The van der Waals surface area contributed by atoms with E-state index < -0.39 is 0 Å². The van der Waals surface area contributed by atoms with Gasteiger partial charge in [0.2, 0.25) is 0 Å². The molecular formula is C17H15ClN2O3S. The Morgan fingerprint density at radius 2 is 1.83 bits per heavy atom. The first-order valence-electron chi connectivity index (χ1n) is 7.12. The highest BCUT2D eigenvalue weighted by molar-refractivity contribution is 7.22. The zero-order valence-electron chi connectivity index (χ0n) is 13.3. The van der Waals surface area contributed by atoms with Crippen molar-refractivity contribution < 1.29 is 14.3 Å². The number of hydrogen-bond donors (Lipinski definition) is 1. The molecule has 5 nitrogen and oxygen atoms in total. The Morgan fingerprint density at radius 1 is 1.17 bits per heavy atom. The highest BCUT2D eigenvalue weighted by atomic mass is 35.5. The van der Waals surface area contributed by atoms with E-state index in [4.69, 9.17) is 21.1 Å². The van der Waals surface area contributed by atoms with Gasteiger partial charge in [-0.15, -0.1) is 0 Å². The number of amides is 1. The largest absolute Gasteiger partial charge is 0.497 e. The Balaban J connectivity index is 1.91. The summed E-state index contributed by atoms with van der Waals surface area (Å²) in [5.74, 6) is 0.813. The van der Waals surface area contributed by atoms with Crippen molar-refractivity contribution in [3.8, 4) is 11.5 Å². The molecule has 0 radical (unpaired) electrons. The normalized spacial score (nSPS) is 10.7. The number of nitrogens with one attached hydrogen (secondary N) is 1. The monoisotopic (exact) mass is 362 g/mol. The molecule has 0 aliphatic carbocycles. The summed E-state index contributed by atoms with van der Waals surface area (Å²) < 4.78 is 11.3. The van der Waals surface area contributed by atoms with Crippen LogP contribution in [-0.2, 0) is 0 Å². The van der Waals surface area contributed by atoms with Crippen molar-refractivity contribution in [2.75, 3.05) is 19.5 Å². The second kappa shape index (κ2) is 6.67. The van der Waals surface area contributed by atoms with Crippen LogP contribution in [0.3, 0.4) is 0 Å². The van der Waals surface area contributed by atoms with Crippen LogP contribution < -0.4 is 14.8 Å². The molecule has 2 aromatic carbocycles. The maximum Gasteiger partial charge on any atom is 0.257 e. The molecule has 0 fully saturated rings. The number of anilines is 1. The number of nitrogens with zero attached hydrogens (tertiary/aromatic N) is 1. The summed E-state index contributed by atoms with van der Waals surface area (Å²) in [5, 5.41) is 3.98. The van der Waals surface area contributed by atoms with E-state index in [1.807, 2.05) is 19.1 Å². The number of carbonyl (C=O) groups excluding carboxylic acids is 1. The molecule has 7 heteroatoms. The van der Waals surface area contributed by atoms with Gasteiger partial charge < -0.3 is 9.47 Å². The van der Waals surface area contributed by atoms with Gasteiger partial charge in [-0.3, -0.25) is 10.1 Å². The Bertz CT molecular complexity index is 901. The molecule has 0 aliphatic heterocycles. The van der Waals surface area contributed by atoms with Gasteiger partial charge in [-0.1, -0.05) is 22.9 Å². The number of halogens is 1. The fraction of sp³-hybridized carbons (Fsp3) is 0.176. The molecule has 0 saturated heterocycles. The predicted molar refractivity (Wildman–Crippen MR) is 96.9 cm³/mol. The van der Waals surface area contributed by atoms with Crippen molar-refractivity contribution in [1.82, 2.24) is 4.98 Å². The number of hydrogen-bond acceptors (Lipinski definition) is 5. The molecule has 1 heterocycles. The van der Waals surface area contributed by atoms with E-state index in [2.05, 4.69) is 10.3 Å². The molecule has 124 valence electrons. The molecule has 0 saturated carbocycles. The van der Waals surface area contributed by atoms with Gasteiger partial charge in [0.05, 0.1) is 24.4 Å². The van der Waals surface area contributed by atoms with E-state index in [-0.39, 0.29) is 5.91 Å². The summed E-state index contributed by atoms with van der Waals surface area (Å²) >= 11 is 7.51. The third-order valence-corrected chi connectivity index (χ3v) is 4.93. The molecule has 0 atom stereocenters. The average molecular weight is 363 g/mol. The van der Waals surface area contributed by atoms with Crippen LogP contribution in [0.15, 0.2) is 30.3 Å². The van der Waals surface area contributed by atoms with Crippen LogP contribution in [0.2, 0.25) is 5.02 Å². The van der Waals surface area contributed by atoms with Gasteiger partial charge in [0.15, 0.2) is 5.13 Å². The van der Waals surface area contributed by atoms with Crippen molar-refractivity contribution >= 4 is 44.2 Å². The molecule has 0 unspecified atom stereocenters. The predicted octanol–water partition coefficient (Wildman–Crippen LogP) is 4.53. The van der Waals surface area contributed by atoms with Crippen LogP contribution in [0.25, 0.3) is 10.2 Å². The number of aromatic nitrogens is 1. The number of ether oxygens (including phenoxy) is 2. The van der Waals surface area contributed by atoms with Gasteiger partial charge in [0, 0.05) is 16.7 Å². The van der Waals surface area contributed by atoms with Gasteiger partial charge in [-0.25, -0.2) is 4.98 Å². The summed E-state index contributed by atoms with van der Waals surface area (Å²) in [6.07, 6.45) is 0. The Morgan fingerprint density at radius 3 is 2.46 bits per heavy atom. The quantitative estimate of drug-likeness (QED) is 0.740. The van der Waals surface area contributed by atoms with E-state index in [9.17, 15) is 4.79 Å². The number of carbonyl (C=O) groups is 1. The number of thiazole rings is 1. The van der Waals surface area contributed by atoms with Crippen molar-refractivity contribution in [2.45, 2.75) is 6.92 Å². The first-order chi connectivity index (χ1) is 11.5. The van der Waals surface area contributed by atoms with E-state index in [1.54, 1.807) is 18.2 Å². The second-order valence-corrected chi connectivity index (χ2v) is 6.53. The molecule has 1 amide bonds. The summed E-state index contributed by atoms with van der Waals surface area (Å²) in [7, 11) is 3.08. The SMILES string of the molecule is COc1cc(OC)cc(C(=O)Nc2nc3c(C)c(Cl)ccc3s2)c1. The van der Waals surface area contributed by atoms with Gasteiger partial charge in [0.25, 0.3) is 5.91 Å². The van der Waals surface area contributed by atoms with Crippen LogP contribution in [0.1, 0.15) is 15.9 Å². The number of rotatable bonds is 4. The lowest BCUT2D eigenvalue weighted by molar-refractivity contribution is 0.102. The molecule has 0 bridgehead atoms. The zero-order valence-corrected chi connectivity index (χ0v) is 14.9. The zero-order chi connectivity index (χ0) is 17.3. The third-order valence-electron chi connectivity index (χ3n) is 3.58. The minimum atomic E-state index is -0.282. The van der Waals surface area contributed by atoms with Crippen molar-refractivity contribution in [3.63, 3.8) is 0 Å². The highest BCUT2D eigenvalue weighted by Crippen LogP contribution is 2.32. The van der Waals surface area contributed by atoms with Crippen LogP contribution in [0, 0.1) is 6.92 Å². The molecule has 0 spiro atoms. The lowest BCUT2D eigenvalue weighted by Crippen LogP contribution is -2.12. The molecule has 1 N–H and O–H groups in total. The minimum Gasteiger partial charge on any atom is -0.497 e. The molecule has 3 aromatic rings. The summed E-state index contributed by atoms with van der Waals surface area (Å²) in [5.41, 5.74) is 2.13. The number of aryl methyl sites for hydroxylation is 1. The third kappa shape index (κ3) is 3.16. The molecule has 24 heavy (non-hydrogen) atoms. The van der Waals surface area contributed by atoms with Crippen molar-refractivity contribution in [3.05, 3.63) is 46.5 Å². The Hall–Kier alpha value is -2.31. The standard InChI is InChI=1S/C17H15ClN2O3S/c1-9-13(18)4-5-14-15(9)19-17(24-14)20-16(21)10-6-11(22-2)8-12(7-10)23-3/h4-8H,1-3H3,(H,19,20,21). The molecule has 1 aromatic heterocycles.